The molecule has 6 heteroatoms. The van der Waals surface area contributed by atoms with Gasteiger partial charge in [-0.05, 0) is 17.7 Å². The van der Waals surface area contributed by atoms with Crippen molar-refractivity contribution in [2.75, 3.05) is 0 Å². The van der Waals surface area contributed by atoms with Crippen molar-refractivity contribution in [2.45, 2.75) is 0 Å². The highest BCUT2D eigenvalue weighted by atomic mass is 79.9. The number of aromatic nitrogens is 2. The standard InChI is InChI=1S/C6H2BrClN2O2/c7-6-10-9-5(12-6)3-1-2-11-4(3)8/h1-2H. The van der Waals surface area contributed by atoms with E-state index in [2.05, 4.69) is 26.1 Å². The predicted molar refractivity (Wildman–Crippen MR) is 44.7 cm³/mol. The van der Waals surface area contributed by atoms with Gasteiger partial charge in [-0.3, -0.25) is 0 Å². The monoisotopic (exact) mass is 248 g/mol. The molecular weight excluding hydrogens is 247 g/mol. The van der Waals surface area contributed by atoms with Gasteiger partial charge in [-0.2, -0.15) is 0 Å². The Morgan fingerprint density at radius 2 is 2.25 bits per heavy atom. The van der Waals surface area contributed by atoms with Gasteiger partial charge in [-0.15, -0.1) is 10.2 Å². The second kappa shape index (κ2) is 2.91. The normalized spacial score (nSPS) is 10.5. The van der Waals surface area contributed by atoms with E-state index < -0.39 is 0 Å². The Hall–Kier alpha value is -0.810. The van der Waals surface area contributed by atoms with Crippen LogP contribution in [0.4, 0.5) is 0 Å². The molecule has 0 spiro atoms. The molecule has 0 aliphatic rings. The van der Waals surface area contributed by atoms with E-state index in [0.29, 0.717) is 16.3 Å². The van der Waals surface area contributed by atoms with Crippen LogP contribution in [-0.2, 0) is 0 Å². The SMILES string of the molecule is Clc1occc1-c1nnc(Br)o1. The summed E-state index contributed by atoms with van der Waals surface area (Å²) in [6, 6.07) is 1.66. The third-order valence-electron chi connectivity index (χ3n) is 1.25. The number of nitrogens with zero attached hydrogens (tertiary/aromatic N) is 2. The van der Waals surface area contributed by atoms with Crippen LogP contribution in [0.2, 0.25) is 5.22 Å². The molecule has 0 aliphatic heterocycles. The fourth-order valence-corrected chi connectivity index (χ4v) is 1.19. The van der Waals surface area contributed by atoms with E-state index in [0.717, 1.165) is 0 Å². The minimum absolute atomic E-state index is 0.242. The summed E-state index contributed by atoms with van der Waals surface area (Å²) in [4.78, 5) is 0.315. The van der Waals surface area contributed by atoms with Crippen LogP contribution in [0.1, 0.15) is 0 Å². The number of furan rings is 1. The predicted octanol–water partition coefficient (Wildman–Crippen LogP) is 2.75. The van der Waals surface area contributed by atoms with E-state index in [9.17, 15) is 0 Å². The molecule has 0 bridgehead atoms. The Balaban J connectivity index is 2.50. The van der Waals surface area contributed by atoms with E-state index >= 15 is 0 Å². The molecule has 0 radical (unpaired) electrons. The van der Waals surface area contributed by atoms with Gasteiger partial charge < -0.3 is 8.83 Å². The molecule has 2 rings (SSSR count). The van der Waals surface area contributed by atoms with Crippen molar-refractivity contribution in [3.05, 3.63) is 22.3 Å². The Bertz CT molecular complexity index is 398. The Kier molecular flexibility index (Phi) is 1.90. The van der Waals surface area contributed by atoms with Crippen LogP contribution in [-0.4, -0.2) is 10.2 Å². The lowest BCUT2D eigenvalue weighted by Crippen LogP contribution is -1.73. The van der Waals surface area contributed by atoms with Crippen molar-refractivity contribution in [2.24, 2.45) is 0 Å². The molecule has 0 unspecified atom stereocenters. The van der Waals surface area contributed by atoms with Crippen LogP contribution in [0, 0.1) is 0 Å². The van der Waals surface area contributed by atoms with Gasteiger partial charge in [0, 0.05) is 15.9 Å². The summed E-state index contributed by atoms with van der Waals surface area (Å²) in [7, 11) is 0. The Morgan fingerprint density at radius 3 is 2.75 bits per heavy atom. The van der Waals surface area contributed by atoms with Gasteiger partial charge in [0.15, 0.2) is 0 Å². The zero-order chi connectivity index (χ0) is 8.55. The van der Waals surface area contributed by atoms with Crippen molar-refractivity contribution in [1.29, 1.82) is 0 Å². The molecule has 62 valence electrons. The quantitative estimate of drug-likeness (QED) is 0.780. The van der Waals surface area contributed by atoms with E-state index in [1.165, 1.54) is 6.26 Å². The van der Waals surface area contributed by atoms with E-state index in [4.69, 9.17) is 20.4 Å². The van der Waals surface area contributed by atoms with Gasteiger partial charge in [-0.25, -0.2) is 0 Å². The van der Waals surface area contributed by atoms with Gasteiger partial charge in [0.05, 0.1) is 11.8 Å². The maximum absolute atomic E-state index is 5.67. The highest BCUT2D eigenvalue weighted by molar-refractivity contribution is 9.10. The summed E-state index contributed by atoms with van der Waals surface area (Å²) in [5.41, 5.74) is 0.592. The minimum Gasteiger partial charge on any atom is -0.452 e. The first-order valence-corrected chi connectivity index (χ1v) is 4.17. The molecule has 0 saturated heterocycles. The van der Waals surface area contributed by atoms with E-state index in [1.54, 1.807) is 6.07 Å². The summed E-state index contributed by atoms with van der Waals surface area (Å²) in [6.07, 6.45) is 1.45. The topological polar surface area (TPSA) is 52.1 Å². The van der Waals surface area contributed by atoms with Gasteiger partial charge in [0.2, 0.25) is 5.22 Å². The minimum atomic E-state index is 0.242. The molecular formula is C6H2BrClN2O2. The lowest BCUT2D eigenvalue weighted by molar-refractivity contribution is 0.536. The largest absolute Gasteiger partial charge is 0.452 e. The third-order valence-corrected chi connectivity index (χ3v) is 1.86. The van der Waals surface area contributed by atoms with Crippen LogP contribution in [0.5, 0.6) is 0 Å². The molecule has 2 heterocycles. The van der Waals surface area contributed by atoms with Crippen molar-refractivity contribution < 1.29 is 8.83 Å². The van der Waals surface area contributed by atoms with Gasteiger partial charge in [0.25, 0.3) is 10.7 Å². The van der Waals surface area contributed by atoms with Crippen LogP contribution in [0.3, 0.4) is 0 Å². The third kappa shape index (κ3) is 1.25. The summed E-state index contributed by atoms with van der Waals surface area (Å²) < 4.78 is 9.91. The van der Waals surface area contributed by atoms with E-state index in [-0.39, 0.29) is 5.22 Å². The summed E-state index contributed by atoms with van der Waals surface area (Å²) in [6.45, 7) is 0. The molecule has 0 atom stereocenters. The number of hydrogen-bond acceptors (Lipinski definition) is 4. The zero-order valence-corrected chi connectivity index (χ0v) is 7.96. The second-order valence-electron chi connectivity index (χ2n) is 1.97. The molecule has 12 heavy (non-hydrogen) atoms. The zero-order valence-electron chi connectivity index (χ0n) is 5.62. The molecule has 0 saturated carbocycles. The molecule has 2 aromatic heterocycles. The van der Waals surface area contributed by atoms with Crippen LogP contribution < -0.4 is 0 Å². The molecule has 0 amide bonds. The molecule has 2 aromatic rings. The average Bonchev–Trinajstić information content (AvgIpc) is 2.58. The fourth-order valence-electron chi connectivity index (χ4n) is 0.760. The fraction of sp³-hybridized carbons (Fsp3) is 0. The highest BCUT2D eigenvalue weighted by Gasteiger charge is 2.12. The van der Waals surface area contributed by atoms with Gasteiger partial charge >= 0.3 is 0 Å². The number of rotatable bonds is 1. The van der Waals surface area contributed by atoms with Crippen LogP contribution in [0.15, 0.2) is 26.0 Å². The molecule has 0 aliphatic carbocycles. The molecule has 0 aromatic carbocycles. The second-order valence-corrected chi connectivity index (χ2v) is 2.99. The number of halogens is 2. The Labute approximate surface area is 80.7 Å². The number of hydrogen-bond donors (Lipinski definition) is 0. The first kappa shape index (κ1) is 7.82. The molecule has 0 N–H and O–H groups in total. The maximum Gasteiger partial charge on any atom is 0.285 e. The van der Waals surface area contributed by atoms with Crippen molar-refractivity contribution in [1.82, 2.24) is 10.2 Å². The van der Waals surface area contributed by atoms with Crippen LogP contribution in [0.25, 0.3) is 11.5 Å². The van der Waals surface area contributed by atoms with E-state index in [1.807, 2.05) is 0 Å². The average molecular weight is 249 g/mol. The van der Waals surface area contributed by atoms with Crippen molar-refractivity contribution in [3.8, 4) is 11.5 Å². The highest BCUT2D eigenvalue weighted by Crippen LogP contribution is 2.28. The lowest BCUT2D eigenvalue weighted by atomic mass is 10.3. The van der Waals surface area contributed by atoms with Crippen molar-refractivity contribution >= 4 is 27.5 Å². The first-order valence-electron chi connectivity index (χ1n) is 3.00. The first-order chi connectivity index (χ1) is 5.77. The van der Waals surface area contributed by atoms with Crippen molar-refractivity contribution in [3.63, 3.8) is 0 Å². The smallest absolute Gasteiger partial charge is 0.285 e. The van der Waals surface area contributed by atoms with Crippen LogP contribution >= 0.6 is 27.5 Å². The molecule has 4 nitrogen and oxygen atoms in total. The summed E-state index contributed by atoms with van der Waals surface area (Å²) in [5.74, 6) is 0.334. The lowest BCUT2D eigenvalue weighted by Gasteiger charge is -1.85. The summed E-state index contributed by atoms with van der Waals surface area (Å²) >= 11 is 8.70. The Morgan fingerprint density at radius 1 is 1.42 bits per heavy atom. The van der Waals surface area contributed by atoms with Gasteiger partial charge in [0.1, 0.15) is 0 Å². The van der Waals surface area contributed by atoms with Gasteiger partial charge in [-0.1, -0.05) is 0 Å². The summed E-state index contributed by atoms with van der Waals surface area (Å²) in [5, 5.41) is 7.57. The molecule has 0 fully saturated rings. The maximum atomic E-state index is 5.67.